The summed E-state index contributed by atoms with van der Waals surface area (Å²) in [5.41, 5.74) is 3.13. The molecule has 0 radical (unpaired) electrons. The van der Waals surface area contributed by atoms with E-state index in [4.69, 9.17) is 11.6 Å². The van der Waals surface area contributed by atoms with Gasteiger partial charge in [0.2, 0.25) is 0 Å². The van der Waals surface area contributed by atoms with Gasteiger partial charge in [-0.2, -0.15) is 5.10 Å². The molecule has 1 saturated carbocycles. The molecule has 0 aromatic heterocycles. The summed E-state index contributed by atoms with van der Waals surface area (Å²) in [5, 5.41) is 11.0. The van der Waals surface area contributed by atoms with E-state index in [1.54, 1.807) is 6.21 Å². The van der Waals surface area contributed by atoms with Crippen molar-refractivity contribution in [2.75, 3.05) is 0 Å². The van der Waals surface area contributed by atoms with Crippen molar-refractivity contribution < 1.29 is 9.59 Å². The lowest BCUT2D eigenvalue weighted by Gasteiger charge is -2.10. The molecule has 0 aliphatic heterocycles. The summed E-state index contributed by atoms with van der Waals surface area (Å²) >= 11 is 6.56. The number of halogens is 1. The van der Waals surface area contributed by atoms with Gasteiger partial charge in [0.1, 0.15) is 0 Å². The first-order valence-corrected chi connectivity index (χ1v) is 8.76. The number of amides is 2. The standard InChI is InChI=1S/C20H16ClN3O2/c21-18-15-7-3-1-5-13(15)17(14-6-2-4-8-16(14)18)11-22-24-20(26)19(25)23-12-9-10-12/h1-8,11-12H,9-10H2,(H,23,25)(H,24,26)/b22-11-. The smallest absolute Gasteiger partial charge is 0.329 e. The molecule has 0 spiro atoms. The minimum absolute atomic E-state index is 0.126. The van der Waals surface area contributed by atoms with E-state index in [-0.39, 0.29) is 6.04 Å². The monoisotopic (exact) mass is 365 g/mol. The zero-order chi connectivity index (χ0) is 18.1. The topological polar surface area (TPSA) is 70.6 Å². The molecule has 4 rings (SSSR count). The molecule has 1 fully saturated rings. The molecule has 130 valence electrons. The summed E-state index contributed by atoms with van der Waals surface area (Å²) in [6.07, 6.45) is 3.40. The number of fused-ring (bicyclic) bond motifs is 2. The normalized spacial score (nSPS) is 14.0. The summed E-state index contributed by atoms with van der Waals surface area (Å²) in [7, 11) is 0. The largest absolute Gasteiger partial charge is 0.345 e. The van der Waals surface area contributed by atoms with Crippen LogP contribution in [-0.4, -0.2) is 24.1 Å². The van der Waals surface area contributed by atoms with Gasteiger partial charge in [-0.1, -0.05) is 60.1 Å². The molecule has 0 atom stereocenters. The van der Waals surface area contributed by atoms with E-state index < -0.39 is 11.8 Å². The Hall–Kier alpha value is -2.92. The average Bonchev–Trinajstić information content (AvgIpc) is 3.48. The van der Waals surface area contributed by atoms with E-state index in [1.165, 1.54) is 0 Å². The zero-order valence-electron chi connectivity index (χ0n) is 13.8. The minimum atomic E-state index is -0.768. The molecule has 1 aliphatic carbocycles. The molecule has 5 nitrogen and oxygen atoms in total. The van der Waals surface area contributed by atoms with Crippen LogP contribution in [0.1, 0.15) is 18.4 Å². The van der Waals surface area contributed by atoms with Gasteiger partial charge in [-0.05, 0) is 23.6 Å². The summed E-state index contributed by atoms with van der Waals surface area (Å²) in [6, 6.07) is 15.6. The van der Waals surface area contributed by atoms with Gasteiger partial charge in [-0.3, -0.25) is 9.59 Å². The van der Waals surface area contributed by atoms with E-state index >= 15 is 0 Å². The SMILES string of the molecule is O=C(N/N=C\c1c2ccccc2c(Cl)c2ccccc12)C(=O)NC1CC1. The number of benzene rings is 3. The Balaban J connectivity index is 1.69. The van der Waals surface area contributed by atoms with Crippen molar-refractivity contribution >= 4 is 51.2 Å². The van der Waals surface area contributed by atoms with Crippen molar-refractivity contribution in [3.05, 3.63) is 59.1 Å². The fourth-order valence-corrected chi connectivity index (χ4v) is 3.26. The number of carbonyl (C=O) groups is 2. The zero-order valence-corrected chi connectivity index (χ0v) is 14.6. The third-order valence-corrected chi connectivity index (χ3v) is 4.79. The number of nitrogens with one attached hydrogen (secondary N) is 2. The lowest BCUT2D eigenvalue weighted by atomic mass is 9.97. The van der Waals surface area contributed by atoms with Gasteiger partial charge < -0.3 is 5.32 Å². The van der Waals surface area contributed by atoms with Crippen LogP contribution in [0, 0.1) is 0 Å². The number of nitrogens with zero attached hydrogens (tertiary/aromatic N) is 1. The van der Waals surface area contributed by atoms with Gasteiger partial charge in [0.05, 0.1) is 11.2 Å². The van der Waals surface area contributed by atoms with Gasteiger partial charge in [0.25, 0.3) is 0 Å². The van der Waals surface area contributed by atoms with E-state index in [1.807, 2.05) is 48.5 Å². The molecule has 26 heavy (non-hydrogen) atoms. The van der Waals surface area contributed by atoms with E-state index in [2.05, 4.69) is 15.8 Å². The van der Waals surface area contributed by atoms with Crippen molar-refractivity contribution in [1.29, 1.82) is 0 Å². The van der Waals surface area contributed by atoms with Crippen LogP contribution in [0.25, 0.3) is 21.5 Å². The maximum Gasteiger partial charge on any atom is 0.329 e. The third kappa shape index (κ3) is 3.13. The molecular formula is C20H16ClN3O2. The Morgan fingerprint density at radius 1 is 0.923 bits per heavy atom. The van der Waals surface area contributed by atoms with Crippen molar-refractivity contribution in [2.45, 2.75) is 18.9 Å². The molecule has 2 N–H and O–H groups in total. The Bertz CT molecular complexity index is 1000. The van der Waals surface area contributed by atoms with Crippen LogP contribution in [-0.2, 0) is 9.59 Å². The number of carbonyl (C=O) groups excluding carboxylic acids is 2. The first-order valence-electron chi connectivity index (χ1n) is 8.38. The maximum atomic E-state index is 11.8. The molecule has 3 aromatic rings. The summed E-state index contributed by atoms with van der Waals surface area (Å²) in [4.78, 5) is 23.5. The average molecular weight is 366 g/mol. The highest BCUT2D eigenvalue weighted by atomic mass is 35.5. The summed E-state index contributed by atoms with van der Waals surface area (Å²) < 4.78 is 0. The van der Waals surface area contributed by atoms with Crippen LogP contribution in [0.5, 0.6) is 0 Å². The van der Waals surface area contributed by atoms with Crippen LogP contribution in [0.3, 0.4) is 0 Å². The molecule has 0 saturated heterocycles. The highest BCUT2D eigenvalue weighted by Crippen LogP contribution is 2.35. The Labute approximate surface area is 155 Å². The highest BCUT2D eigenvalue weighted by molar-refractivity contribution is 6.42. The lowest BCUT2D eigenvalue weighted by molar-refractivity contribution is -0.139. The van der Waals surface area contributed by atoms with Crippen molar-refractivity contribution in [2.24, 2.45) is 5.10 Å². The van der Waals surface area contributed by atoms with Crippen LogP contribution in [0.15, 0.2) is 53.6 Å². The second-order valence-electron chi connectivity index (χ2n) is 6.27. The fourth-order valence-electron chi connectivity index (χ4n) is 2.93. The predicted octanol–water partition coefficient (Wildman–Crippen LogP) is 3.38. The quantitative estimate of drug-likeness (QED) is 0.323. The fraction of sp³-hybridized carbons (Fsp3) is 0.150. The van der Waals surface area contributed by atoms with Crippen molar-refractivity contribution in [3.63, 3.8) is 0 Å². The number of rotatable bonds is 3. The van der Waals surface area contributed by atoms with Crippen LogP contribution >= 0.6 is 11.6 Å². The van der Waals surface area contributed by atoms with Crippen LogP contribution in [0.4, 0.5) is 0 Å². The van der Waals surface area contributed by atoms with E-state index in [0.29, 0.717) is 5.02 Å². The van der Waals surface area contributed by atoms with Gasteiger partial charge in [0, 0.05) is 22.4 Å². The summed E-state index contributed by atoms with van der Waals surface area (Å²) in [5.74, 6) is -1.42. The van der Waals surface area contributed by atoms with Crippen LogP contribution < -0.4 is 10.7 Å². The Kier molecular flexibility index (Phi) is 4.31. The minimum Gasteiger partial charge on any atom is -0.345 e. The lowest BCUT2D eigenvalue weighted by Crippen LogP contribution is -2.38. The van der Waals surface area contributed by atoms with Gasteiger partial charge in [0.15, 0.2) is 0 Å². The third-order valence-electron chi connectivity index (χ3n) is 4.39. The van der Waals surface area contributed by atoms with Crippen molar-refractivity contribution in [1.82, 2.24) is 10.7 Å². The number of hydrazone groups is 1. The summed E-state index contributed by atoms with van der Waals surface area (Å²) in [6.45, 7) is 0. The van der Waals surface area contributed by atoms with E-state index in [0.717, 1.165) is 39.9 Å². The highest BCUT2D eigenvalue weighted by Gasteiger charge is 2.26. The van der Waals surface area contributed by atoms with Gasteiger partial charge in [-0.25, -0.2) is 5.43 Å². The second-order valence-corrected chi connectivity index (χ2v) is 6.64. The number of hydrogen-bond donors (Lipinski definition) is 2. The Morgan fingerprint density at radius 3 is 2.00 bits per heavy atom. The van der Waals surface area contributed by atoms with Gasteiger partial charge in [-0.15, -0.1) is 0 Å². The maximum absolute atomic E-state index is 11.8. The second kappa shape index (κ2) is 6.77. The van der Waals surface area contributed by atoms with Crippen molar-refractivity contribution in [3.8, 4) is 0 Å². The first kappa shape index (κ1) is 16.5. The molecule has 2 amide bonds. The molecule has 1 aliphatic rings. The molecule has 6 heteroatoms. The molecule has 0 unspecified atom stereocenters. The first-order chi connectivity index (χ1) is 12.6. The molecule has 0 heterocycles. The Morgan fingerprint density at radius 2 is 1.46 bits per heavy atom. The molecule has 3 aromatic carbocycles. The molecular weight excluding hydrogens is 350 g/mol. The predicted molar refractivity (Wildman–Crippen MR) is 103 cm³/mol. The van der Waals surface area contributed by atoms with Crippen LogP contribution in [0.2, 0.25) is 5.02 Å². The molecule has 0 bridgehead atoms. The number of hydrogen-bond acceptors (Lipinski definition) is 3. The van der Waals surface area contributed by atoms with E-state index in [9.17, 15) is 9.59 Å². The van der Waals surface area contributed by atoms with Gasteiger partial charge >= 0.3 is 11.8 Å².